The number of anilines is 1. The number of halogens is 2. The lowest BCUT2D eigenvalue weighted by atomic mass is 10.0. The molecule has 2 aromatic rings. The number of aryl methyl sites for hydroxylation is 1. The number of nitrogens with one attached hydrogen (secondary N) is 1. The van der Waals surface area contributed by atoms with Gasteiger partial charge in [-0.15, -0.1) is 0 Å². The molecule has 6 nitrogen and oxygen atoms in total. The average Bonchev–Trinajstić information content (AvgIpc) is 2.62. The molecule has 0 atom stereocenters. The third-order valence-corrected chi connectivity index (χ3v) is 5.32. The Balaban J connectivity index is 1.65. The minimum Gasteiger partial charge on any atom is -0.369 e. The molecule has 2 aromatic carbocycles. The van der Waals surface area contributed by atoms with Crippen LogP contribution in [0.25, 0.3) is 0 Å². The van der Waals surface area contributed by atoms with Crippen LogP contribution in [-0.2, 0) is 0 Å². The van der Waals surface area contributed by atoms with Crippen molar-refractivity contribution in [2.45, 2.75) is 25.8 Å². The van der Waals surface area contributed by atoms with E-state index in [1.807, 2.05) is 36.1 Å². The van der Waals surface area contributed by atoms with Crippen molar-refractivity contribution in [1.29, 1.82) is 0 Å². The molecule has 1 amide bonds. The second kappa shape index (κ2) is 8.15. The molecule has 1 N–H and O–H groups in total. The molecule has 27 heavy (non-hydrogen) atoms. The van der Waals surface area contributed by atoms with Crippen molar-refractivity contribution in [3.8, 4) is 0 Å². The highest BCUT2D eigenvalue weighted by Gasteiger charge is 2.25. The van der Waals surface area contributed by atoms with Crippen molar-refractivity contribution in [1.82, 2.24) is 5.32 Å². The van der Waals surface area contributed by atoms with Crippen molar-refractivity contribution < 1.29 is 9.72 Å². The average molecular weight is 408 g/mol. The molecular formula is C19H19Cl2N3O3. The Morgan fingerprint density at radius 2 is 1.78 bits per heavy atom. The topological polar surface area (TPSA) is 75.5 Å². The number of nitro benzene ring substituents is 1. The van der Waals surface area contributed by atoms with Crippen molar-refractivity contribution in [2.75, 3.05) is 18.0 Å². The maximum absolute atomic E-state index is 12.5. The van der Waals surface area contributed by atoms with Crippen LogP contribution in [0.4, 0.5) is 11.4 Å². The molecule has 3 rings (SSSR count). The van der Waals surface area contributed by atoms with Gasteiger partial charge in [0.25, 0.3) is 11.6 Å². The van der Waals surface area contributed by atoms with Gasteiger partial charge in [-0.3, -0.25) is 14.9 Å². The highest BCUT2D eigenvalue weighted by molar-refractivity contribution is 6.39. The van der Waals surface area contributed by atoms with Crippen molar-refractivity contribution in [3.05, 3.63) is 67.7 Å². The standard InChI is InChI=1S/C19H19Cl2N3O3/c1-12-4-2-3-5-15(12)19(25)22-13-6-8-23(9-7-13)18-16(20)10-14(24(26)27)11-17(18)21/h2-5,10-11,13H,6-9H2,1H3,(H,22,25). The van der Waals surface area contributed by atoms with Gasteiger partial charge in [-0.25, -0.2) is 0 Å². The van der Waals surface area contributed by atoms with E-state index in [9.17, 15) is 14.9 Å². The van der Waals surface area contributed by atoms with E-state index in [1.54, 1.807) is 0 Å². The van der Waals surface area contributed by atoms with Gasteiger partial charge in [0.2, 0.25) is 0 Å². The fourth-order valence-electron chi connectivity index (χ4n) is 3.30. The van der Waals surface area contributed by atoms with Gasteiger partial charge in [0.15, 0.2) is 0 Å². The first kappa shape index (κ1) is 19.5. The van der Waals surface area contributed by atoms with Gasteiger partial charge in [0.1, 0.15) is 0 Å². The summed E-state index contributed by atoms with van der Waals surface area (Å²) in [6.07, 6.45) is 1.47. The second-order valence-corrected chi connectivity index (χ2v) is 7.38. The molecule has 0 unspecified atom stereocenters. The number of hydrogen-bond acceptors (Lipinski definition) is 4. The number of benzene rings is 2. The highest BCUT2D eigenvalue weighted by atomic mass is 35.5. The van der Waals surface area contributed by atoms with Gasteiger partial charge < -0.3 is 10.2 Å². The molecule has 142 valence electrons. The summed E-state index contributed by atoms with van der Waals surface area (Å²) in [5.41, 5.74) is 2.10. The Morgan fingerprint density at radius 1 is 1.19 bits per heavy atom. The minimum atomic E-state index is -0.519. The predicted molar refractivity (Wildman–Crippen MR) is 107 cm³/mol. The molecule has 0 aromatic heterocycles. The first-order valence-corrected chi connectivity index (χ1v) is 9.37. The first-order valence-electron chi connectivity index (χ1n) is 8.61. The summed E-state index contributed by atoms with van der Waals surface area (Å²) in [5.74, 6) is -0.0713. The number of nitro groups is 1. The first-order chi connectivity index (χ1) is 12.9. The lowest BCUT2D eigenvalue weighted by Gasteiger charge is -2.35. The van der Waals surface area contributed by atoms with E-state index in [2.05, 4.69) is 5.32 Å². The number of hydrogen-bond donors (Lipinski definition) is 1. The molecule has 8 heteroatoms. The van der Waals surface area contributed by atoms with E-state index in [-0.39, 0.29) is 27.7 Å². The van der Waals surface area contributed by atoms with Crippen molar-refractivity contribution in [2.24, 2.45) is 0 Å². The number of amides is 1. The summed E-state index contributed by atoms with van der Waals surface area (Å²) in [6, 6.07) is 10.2. The smallest absolute Gasteiger partial charge is 0.272 e. The number of rotatable bonds is 4. The van der Waals surface area contributed by atoms with Crippen LogP contribution in [0.15, 0.2) is 36.4 Å². The fourth-order valence-corrected chi connectivity index (χ4v) is 4.01. The molecule has 0 spiro atoms. The van der Waals surface area contributed by atoms with E-state index in [0.717, 1.165) is 18.4 Å². The van der Waals surface area contributed by atoms with Crippen LogP contribution in [0.1, 0.15) is 28.8 Å². The zero-order valence-corrected chi connectivity index (χ0v) is 16.3. The van der Waals surface area contributed by atoms with E-state index < -0.39 is 4.92 Å². The Hall–Kier alpha value is -2.31. The second-order valence-electron chi connectivity index (χ2n) is 6.56. The van der Waals surface area contributed by atoms with Crippen LogP contribution >= 0.6 is 23.2 Å². The van der Waals surface area contributed by atoms with Gasteiger partial charge in [0.05, 0.1) is 20.7 Å². The molecule has 1 heterocycles. The van der Waals surface area contributed by atoms with Crippen LogP contribution in [0.5, 0.6) is 0 Å². The van der Waals surface area contributed by atoms with Crippen LogP contribution in [0.2, 0.25) is 10.0 Å². The Kier molecular flexibility index (Phi) is 5.87. The van der Waals surface area contributed by atoms with Crippen molar-refractivity contribution >= 4 is 40.5 Å². The maximum atomic E-state index is 12.5. The Bertz CT molecular complexity index is 857. The van der Waals surface area contributed by atoms with E-state index in [1.165, 1.54) is 12.1 Å². The molecule has 0 radical (unpaired) electrons. The number of carbonyl (C=O) groups excluding carboxylic acids is 1. The van der Waals surface area contributed by atoms with Crippen LogP contribution in [-0.4, -0.2) is 30.0 Å². The number of piperidine rings is 1. The van der Waals surface area contributed by atoms with Gasteiger partial charge in [-0.05, 0) is 31.4 Å². The summed E-state index contributed by atoms with van der Waals surface area (Å²) in [6.45, 7) is 3.21. The Labute approximate surface area is 167 Å². The highest BCUT2D eigenvalue weighted by Crippen LogP contribution is 2.38. The summed E-state index contributed by atoms with van der Waals surface area (Å²) < 4.78 is 0. The normalized spacial score (nSPS) is 14.9. The maximum Gasteiger partial charge on any atom is 0.272 e. The van der Waals surface area contributed by atoms with E-state index in [0.29, 0.717) is 24.3 Å². The monoisotopic (exact) mass is 407 g/mol. The molecule has 1 fully saturated rings. The predicted octanol–water partition coefficient (Wildman–Crippen LogP) is 4.61. The molecule has 1 saturated heterocycles. The lowest BCUT2D eigenvalue weighted by molar-refractivity contribution is -0.384. The Morgan fingerprint density at radius 3 is 2.33 bits per heavy atom. The molecule has 0 bridgehead atoms. The number of nitrogens with zero attached hydrogens (tertiary/aromatic N) is 2. The molecule has 0 saturated carbocycles. The third-order valence-electron chi connectivity index (χ3n) is 4.75. The largest absolute Gasteiger partial charge is 0.369 e. The minimum absolute atomic E-state index is 0.0592. The van der Waals surface area contributed by atoms with Gasteiger partial charge in [-0.2, -0.15) is 0 Å². The van der Waals surface area contributed by atoms with Gasteiger partial charge >= 0.3 is 0 Å². The summed E-state index contributed by atoms with van der Waals surface area (Å²) >= 11 is 12.5. The van der Waals surface area contributed by atoms with E-state index >= 15 is 0 Å². The van der Waals surface area contributed by atoms with Crippen LogP contribution in [0.3, 0.4) is 0 Å². The molecule has 1 aliphatic heterocycles. The fraction of sp³-hybridized carbons (Fsp3) is 0.316. The van der Waals surface area contributed by atoms with Crippen molar-refractivity contribution in [3.63, 3.8) is 0 Å². The zero-order valence-electron chi connectivity index (χ0n) is 14.7. The molecule has 1 aliphatic rings. The summed E-state index contributed by atoms with van der Waals surface area (Å²) in [7, 11) is 0. The zero-order chi connectivity index (χ0) is 19.6. The molecule has 0 aliphatic carbocycles. The molecular weight excluding hydrogens is 389 g/mol. The van der Waals surface area contributed by atoms with E-state index in [4.69, 9.17) is 23.2 Å². The van der Waals surface area contributed by atoms with Crippen LogP contribution < -0.4 is 10.2 Å². The van der Waals surface area contributed by atoms with Gasteiger partial charge in [-0.1, -0.05) is 41.4 Å². The number of carbonyl (C=O) groups is 1. The third kappa shape index (κ3) is 4.34. The SMILES string of the molecule is Cc1ccccc1C(=O)NC1CCN(c2c(Cl)cc([N+](=O)[O-])cc2Cl)CC1. The lowest BCUT2D eigenvalue weighted by Crippen LogP contribution is -2.45. The number of non-ortho nitro benzene ring substituents is 1. The summed E-state index contributed by atoms with van der Waals surface area (Å²) in [5, 5.41) is 14.5. The summed E-state index contributed by atoms with van der Waals surface area (Å²) in [4.78, 5) is 24.9. The quantitative estimate of drug-likeness (QED) is 0.592. The van der Waals surface area contributed by atoms with Gasteiger partial charge in [0, 0.05) is 36.8 Å². The van der Waals surface area contributed by atoms with Crippen LogP contribution in [0, 0.1) is 17.0 Å².